The quantitative estimate of drug-likeness (QED) is 0.582. The van der Waals surface area contributed by atoms with Crippen LogP contribution in [-0.2, 0) is 0 Å². The van der Waals surface area contributed by atoms with E-state index >= 15 is 0 Å². The average molecular weight is 261 g/mol. The number of halogens is 3. The van der Waals surface area contributed by atoms with Crippen LogP contribution in [0, 0.1) is 15.9 Å². The highest BCUT2D eigenvalue weighted by Gasteiger charge is 2.19. The van der Waals surface area contributed by atoms with Gasteiger partial charge in [0.15, 0.2) is 5.82 Å². The third-order valence-electron chi connectivity index (χ3n) is 2.04. The molecule has 0 saturated carbocycles. The number of pyridine rings is 1. The summed E-state index contributed by atoms with van der Waals surface area (Å²) in [4.78, 5) is 13.6. The Hall–Kier alpha value is -1.46. The molecule has 0 radical (unpaired) electrons. The summed E-state index contributed by atoms with van der Waals surface area (Å²) in [6.45, 7) is 0. The summed E-state index contributed by atoms with van der Waals surface area (Å²) >= 11 is 11.3. The fourth-order valence-electron chi connectivity index (χ4n) is 1.30. The van der Waals surface area contributed by atoms with E-state index in [2.05, 4.69) is 4.98 Å². The molecule has 0 atom stereocenters. The zero-order valence-corrected chi connectivity index (χ0v) is 9.09. The lowest BCUT2D eigenvalue weighted by molar-refractivity contribution is -0.384. The Morgan fingerprint density at radius 2 is 2.06 bits per heavy atom. The molecule has 0 spiro atoms. The first kappa shape index (κ1) is 11.0. The molecule has 4 nitrogen and oxygen atoms in total. The topological polar surface area (TPSA) is 56.0 Å². The number of hydrogen-bond acceptors (Lipinski definition) is 3. The van der Waals surface area contributed by atoms with Gasteiger partial charge in [0.2, 0.25) is 0 Å². The first-order chi connectivity index (χ1) is 7.52. The summed E-state index contributed by atoms with van der Waals surface area (Å²) in [6.07, 6.45) is 0.984. The smallest absolute Gasteiger partial charge is 0.258 e. The molecule has 0 aliphatic rings. The highest BCUT2D eigenvalue weighted by Crippen LogP contribution is 2.34. The van der Waals surface area contributed by atoms with E-state index in [-0.39, 0.29) is 20.9 Å². The molecule has 1 aromatic carbocycles. The van der Waals surface area contributed by atoms with Gasteiger partial charge in [0.1, 0.15) is 11.2 Å². The monoisotopic (exact) mass is 260 g/mol. The minimum Gasteiger partial charge on any atom is -0.258 e. The predicted molar refractivity (Wildman–Crippen MR) is 58.4 cm³/mol. The van der Waals surface area contributed by atoms with Crippen LogP contribution in [0.4, 0.5) is 10.1 Å². The molecule has 7 heteroatoms. The van der Waals surface area contributed by atoms with E-state index < -0.39 is 16.4 Å². The SMILES string of the molecule is O=[N+]([O-])c1cnc2ccc(Cl)c(F)c2c1Cl. The van der Waals surface area contributed by atoms with Crippen LogP contribution < -0.4 is 0 Å². The van der Waals surface area contributed by atoms with Gasteiger partial charge in [-0.05, 0) is 12.1 Å². The van der Waals surface area contributed by atoms with Crippen molar-refractivity contribution in [2.45, 2.75) is 0 Å². The summed E-state index contributed by atoms with van der Waals surface area (Å²) in [5.74, 6) is -0.805. The van der Waals surface area contributed by atoms with Gasteiger partial charge in [-0.2, -0.15) is 0 Å². The molecule has 1 aromatic heterocycles. The molecule has 0 aliphatic heterocycles. The molecule has 1 heterocycles. The second-order valence-corrected chi connectivity index (χ2v) is 3.76. The van der Waals surface area contributed by atoms with Crippen LogP contribution in [0.3, 0.4) is 0 Å². The van der Waals surface area contributed by atoms with E-state index in [9.17, 15) is 14.5 Å². The van der Waals surface area contributed by atoms with Crippen LogP contribution >= 0.6 is 23.2 Å². The third-order valence-corrected chi connectivity index (χ3v) is 2.71. The number of benzene rings is 1. The van der Waals surface area contributed by atoms with Gasteiger partial charge in [0.25, 0.3) is 0 Å². The zero-order chi connectivity index (χ0) is 11.9. The fraction of sp³-hybridized carbons (Fsp3) is 0. The molecule has 0 unspecified atom stereocenters. The number of hydrogen-bond donors (Lipinski definition) is 0. The standard InChI is InChI=1S/C9H3Cl2FN2O2/c10-4-1-2-5-7(9(4)12)8(11)6(3-13-5)14(15)16/h1-3H. The fourth-order valence-corrected chi connectivity index (χ4v) is 1.75. The lowest BCUT2D eigenvalue weighted by Gasteiger charge is -2.03. The lowest BCUT2D eigenvalue weighted by Crippen LogP contribution is -1.93. The Balaban J connectivity index is 2.92. The number of aromatic nitrogens is 1. The zero-order valence-electron chi connectivity index (χ0n) is 7.58. The average Bonchev–Trinajstić information content (AvgIpc) is 2.23. The summed E-state index contributed by atoms with van der Waals surface area (Å²) in [5.41, 5.74) is -0.229. The van der Waals surface area contributed by atoms with Gasteiger partial charge in [0.05, 0.1) is 20.8 Å². The Morgan fingerprint density at radius 3 is 2.69 bits per heavy atom. The van der Waals surface area contributed by atoms with E-state index in [1.54, 1.807) is 0 Å². The molecule has 82 valence electrons. The van der Waals surface area contributed by atoms with Gasteiger partial charge in [-0.3, -0.25) is 10.1 Å². The highest BCUT2D eigenvalue weighted by atomic mass is 35.5. The van der Waals surface area contributed by atoms with Crippen molar-refractivity contribution in [3.63, 3.8) is 0 Å². The summed E-state index contributed by atoms with van der Waals surface area (Å²) in [5, 5.41) is 10.00. The van der Waals surface area contributed by atoms with Gasteiger partial charge in [-0.25, -0.2) is 9.37 Å². The summed E-state index contributed by atoms with van der Waals surface area (Å²) in [7, 11) is 0. The number of nitro groups is 1. The lowest BCUT2D eigenvalue weighted by atomic mass is 10.2. The molecule has 0 amide bonds. The first-order valence-electron chi connectivity index (χ1n) is 4.09. The van der Waals surface area contributed by atoms with Gasteiger partial charge in [-0.15, -0.1) is 0 Å². The molecular formula is C9H3Cl2FN2O2. The summed E-state index contributed by atoms with van der Waals surface area (Å²) < 4.78 is 13.6. The maximum Gasteiger partial charge on any atom is 0.306 e. The van der Waals surface area contributed by atoms with Gasteiger partial charge in [-0.1, -0.05) is 23.2 Å². The van der Waals surface area contributed by atoms with Crippen LogP contribution in [-0.4, -0.2) is 9.91 Å². The molecule has 0 bridgehead atoms. The first-order valence-corrected chi connectivity index (χ1v) is 4.84. The molecule has 0 aliphatic carbocycles. The normalized spacial score (nSPS) is 10.7. The maximum atomic E-state index is 13.6. The molecule has 16 heavy (non-hydrogen) atoms. The predicted octanol–water partition coefficient (Wildman–Crippen LogP) is 3.59. The van der Waals surface area contributed by atoms with Crippen molar-refractivity contribution in [2.24, 2.45) is 0 Å². The second-order valence-electron chi connectivity index (χ2n) is 2.97. The van der Waals surface area contributed by atoms with Crippen molar-refractivity contribution in [1.29, 1.82) is 0 Å². The molecule has 0 fully saturated rings. The van der Waals surface area contributed by atoms with Crippen molar-refractivity contribution in [2.75, 3.05) is 0 Å². The number of fused-ring (bicyclic) bond motifs is 1. The van der Waals surface area contributed by atoms with Crippen LogP contribution in [0.25, 0.3) is 10.9 Å². The maximum absolute atomic E-state index is 13.6. The van der Waals surface area contributed by atoms with Crippen LogP contribution in [0.1, 0.15) is 0 Å². The minimum absolute atomic E-state index is 0.136. The Kier molecular flexibility index (Phi) is 2.65. The molecule has 0 saturated heterocycles. The molecule has 0 N–H and O–H groups in total. The molecule has 2 rings (SSSR count). The van der Waals surface area contributed by atoms with Gasteiger partial charge < -0.3 is 0 Å². The van der Waals surface area contributed by atoms with Crippen LogP contribution in [0.5, 0.6) is 0 Å². The van der Waals surface area contributed by atoms with E-state index in [0.29, 0.717) is 0 Å². The van der Waals surface area contributed by atoms with E-state index in [0.717, 1.165) is 6.20 Å². The van der Waals surface area contributed by atoms with Crippen molar-refractivity contribution in [3.8, 4) is 0 Å². The minimum atomic E-state index is -0.805. The Labute approximate surface area is 98.8 Å². The van der Waals surface area contributed by atoms with E-state index in [1.165, 1.54) is 12.1 Å². The van der Waals surface area contributed by atoms with Crippen molar-refractivity contribution in [1.82, 2.24) is 4.98 Å². The number of rotatable bonds is 1. The van der Waals surface area contributed by atoms with Gasteiger partial charge in [0, 0.05) is 0 Å². The Morgan fingerprint density at radius 1 is 1.38 bits per heavy atom. The van der Waals surface area contributed by atoms with E-state index in [1.807, 2.05) is 0 Å². The number of nitrogens with zero attached hydrogens (tertiary/aromatic N) is 2. The second kappa shape index (κ2) is 3.84. The van der Waals surface area contributed by atoms with Crippen molar-refractivity contribution < 1.29 is 9.31 Å². The van der Waals surface area contributed by atoms with Crippen molar-refractivity contribution >= 4 is 39.8 Å². The van der Waals surface area contributed by atoms with Crippen LogP contribution in [0.2, 0.25) is 10.0 Å². The van der Waals surface area contributed by atoms with Crippen LogP contribution in [0.15, 0.2) is 18.3 Å². The molecule has 2 aromatic rings. The molecular weight excluding hydrogens is 258 g/mol. The van der Waals surface area contributed by atoms with E-state index in [4.69, 9.17) is 23.2 Å². The highest BCUT2D eigenvalue weighted by molar-refractivity contribution is 6.38. The van der Waals surface area contributed by atoms with Gasteiger partial charge >= 0.3 is 5.69 Å². The summed E-state index contributed by atoms with van der Waals surface area (Å²) in [6, 6.07) is 2.75. The Bertz CT molecular complexity index is 604. The van der Waals surface area contributed by atoms with Crippen molar-refractivity contribution in [3.05, 3.63) is 44.3 Å². The third kappa shape index (κ3) is 1.58. The largest absolute Gasteiger partial charge is 0.306 e.